The summed E-state index contributed by atoms with van der Waals surface area (Å²) < 4.78 is 0. The van der Waals surface area contributed by atoms with Crippen LogP contribution in [0.15, 0.2) is 67.1 Å². The lowest BCUT2D eigenvalue weighted by atomic mass is 10.0. The van der Waals surface area contributed by atoms with E-state index in [2.05, 4.69) is 50.7 Å². The van der Waals surface area contributed by atoms with Crippen LogP contribution in [0, 0.1) is 0 Å². The molecule has 2 aromatic carbocycles. The summed E-state index contributed by atoms with van der Waals surface area (Å²) in [6.45, 7) is 2.11. The van der Waals surface area contributed by atoms with Crippen LogP contribution in [0.4, 0.5) is 11.6 Å². The van der Waals surface area contributed by atoms with E-state index < -0.39 is 0 Å². The van der Waals surface area contributed by atoms with Crippen molar-refractivity contribution in [3.05, 3.63) is 78.2 Å². The van der Waals surface area contributed by atoms with Crippen molar-refractivity contribution in [2.45, 2.75) is 19.4 Å². The molecule has 0 aliphatic carbocycles. The summed E-state index contributed by atoms with van der Waals surface area (Å²) in [4.78, 5) is 24.9. The van der Waals surface area contributed by atoms with Crippen LogP contribution in [-0.4, -0.2) is 20.9 Å². The van der Waals surface area contributed by atoms with Gasteiger partial charge in [-0.2, -0.15) is 0 Å². The van der Waals surface area contributed by atoms with Gasteiger partial charge in [0.1, 0.15) is 18.0 Å². The number of carbonyl (C=O) groups is 1. The van der Waals surface area contributed by atoms with Gasteiger partial charge in [-0.1, -0.05) is 36.4 Å². The van der Waals surface area contributed by atoms with Gasteiger partial charge in [-0.05, 0) is 36.2 Å². The molecule has 6 nitrogen and oxygen atoms in total. The van der Waals surface area contributed by atoms with Crippen molar-refractivity contribution < 1.29 is 4.79 Å². The molecule has 2 aromatic heterocycles. The largest absolute Gasteiger partial charge is 0.363 e. The van der Waals surface area contributed by atoms with Gasteiger partial charge in [0.25, 0.3) is 0 Å². The van der Waals surface area contributed by atoms with Crippen LogP contribution < -0.4 is 10.6 Å². The van der Waals surface area contributed by atoms with Crippen molar-refractivity contribution in [2.24, 2.45) is 0 Å². The van der Waals surface area contributed by atoms with Crippen LogP contribution in [0.3, 0.4) is 0 Å². The van der Waals surface area contributed by atoms with E-state index in [1.54, 1.807) is 12.5 Å². The van der Waals surface area contributed by atoms with Crippen molar-refractivity contribution in [1.29, 1.82) is 0 Å². The number of pyridine rings is 1. The molecule has 0 saturated heterocycles. The fourth-order valence-electron chi connectivity index (χ4n) is 3.65. The van der Waals surface area contributed by atoms with Gasteiger partial charge in [-0.25, -0.2) is 15.0 Å². The number of nitrogens with one attached hydrogen (secondary N) is 2. The highest BCUT2D eigenvalue weighted by atomic mass is 16.1. The quantitative estimate of drug-likeness (QED) is 0.549. The molecule has 0 saturated carbocycles. The molecule has 2 N–H and O–H groups in total. The first kappa shape index (κ1) is 17.3. The third kappa shape index (κ3) is 3.29. The Morgan fingerprint density at radius 2 is 1.86 bits per heavy atom. The molecule has 1 aliphatic heterocycles. The number of hydrogen-bond donors (Lipinski definition) is 2. The second kappa shape index (κ2) is 6.98. The minimum Gasteiger partial charge on any atom is -0.363 e. The number of rotatable bonds is 4. The highest BCUT2D eigenvalue weighted by Crippen LogP contribution is 2.31. The van der Waals surface area contributed by atoms with E-state index in [4.69, 9.17) is 0 Å². The van der Waals surface area contributed by atoms with Gasteiger partial charge in [-0.15, -0.1) is 0 Å². The SMILES string of the molecule is CC(Nc1ncnc2ccc(-c3cnc4c(c3)CC(=O)N4)cc12)c1ccccc1. The number of anilines is 2. The molecule has 3 heterocycles. The van der Waals surface area contributed by atoms with Gasteiger partial charge in [-0.3, -0.25) is 4.79 Å². The van der Waals surface area contributed by atoms with Crippen molar-refractivity contribution >= 4 is 28.4 Å². The lowest BCUT2D eigenvalue weighted by molar-refractivity contribution is -0.115. The molecule has 6 heteroatoms. The van der Waals surface area contributed by atoms with Crippen LogP contribution in [-0.2, 0) is 11.2 Å². The molecule has 0 spiro atoms. The Bertz CT molecular complexity index is 1220. The molecule has 142 valence electrons. The summed E-state index contributed by atoms with van der Waals surface area (Å²) in [5.41, 5.74) is 4.96. The Kier molecular flexibility index (Phi) is 4.17. The molecule has 4 aromatic rings. The first-order chi connectivity index (χ1) is 14.2. The number of amides is 1. The van der Waals surface area contributed by atoms with E-state index in [0.29, 0.717) is 12.2 Å². The molecule has 5 rings (SSSR count). The predicted molar refractivity (Wildman–Crippen MR) is 114 cm³/mol. The number of nitrogens with zero attached hydrogens (tertiary/aromatic N) is 3. The highest BCUT2D eigenvalue weighted by Gasteiger charge is 2.19. The second-order valence-corrected chi connectivity index (χ2v) is 7.19. The summed E-state index contributed by atoms with van der Waals surface area (Å²) >= 11 is 0. The van der Waals surface area contributed by atoms with Crippen LogP contribution in [0.5, 0.6) is 0 Å². The Morgan fingerprint density at radius 1 is 1.00 bits per heavy atom. The van der Waals surface area contributed by atoms with Crippen LogP contribution >= 0.6 is 0 Å². The summed E-state index contributed by atoms with van der Waals surface area (Å²) in [5.74, 6) is 1.43. The number of hydrogen-bond acceptors (Lipinski definition) is 5. The fourth-order valence-corrected chi connectivity index (χ4v) is 3.65. The summed E-state index contributed by atoms with van der Waals surface area (Å²) in [5, 5.41) is 7.22. The molecule has 29 heavy (non-hydrogen) atoms. The monoisotopic (exact) mass is 381 g/mol. The molecule has 1 atom stereocenters. The maximum atomic E-state index is 11.6. The Morgan fingerprint density at radius 3 is 2.72 bits per heavy atom. The van der Waals surface area contributed by atoms with E-state index in [1.807, 2.05) is 36.4 Å². The zero-order valence-corrected chi connectivity index (χ0v) is 15.9. The lowest BCUT2D eigenvalue weighted by Gasteiger charge is -2.16. The van der Waals surface area contributed by atoms with Gasteiger partial charge < -0.3 is 10.6 Å². The minimum absolute atomic E-state index is 0.0158. The zero-order chi connectivity index (χ0) is 19.8. The van der Waals surface area contributed by atoms with Gasteiger partial charge >= 0.3 is 0 Å². The summed E-state index contributed by atoms with van der Waals surface area (Å²) in [6.07, 6.45) is 3.74. The average Bonchev–Trinajstić information content (AvgIpc) is 3.13. The van der Waals surface area contributed by atoms with Gasteiger partial charge in [0.05, 0.1) is 11.9 Å². The van der Waals surface area contributed by atoms with Crippen LogP contribution in [0.1, 0.15) is 24.1 Å². The summed E-state index contributed by atoms with van der Waals surface area (Å²) in [7, 11) is 0. The van der Waals surface area contributed by atoms with Crippen molar-refractivity contribution in [1.82, 2.24) is 15.0 Å². The average molecular weight is 381 g/mol. The van der Waals surface area contributed by atoms with Crippen LogP contribution in [0.2, 0.25) is 0 Å². The van der Waals surface area contributed by atoms with E-state index >= 15 is 0 Å². The van der Waals surface area contributed by atoms with E-state index in [-0.39, 0.29) is 11.9 Å². The van der Waals surface area contributed by atoms with Crippen molar-refractivity contribution in [3.63, 3.8) is 0 Å². The van der Waals surface area contributed by atoms with E-state index in [9.17, 15) is 4.79 Å². The molecule has 0 radical (unpaired) electrons. The minimum atomic E-state index is -0.0158. The maximum absolute atomic E-state index is 11.6. The predicted octanol–water partition coefficient (Wildman–Crippen LogP) is 4.36. The molecule has 1 amide bonds. The van der Waals surface area contributed by atoms with Crippen LogP contribution in [0.25, 0.3) is 22.0 Å². The van der Waals surface area contributed by atoms with Gasteiger partial charge in [0.2, 0.25) is 5.91 Å². The molecule has 0 fully saturated rings. The molecular weight excluding hydrogens is 362 g/mol. The van der Waals surface area contributed by atoms with Gasteiger partial charge in [0, 0.05) is 28.8 Å². The van der Waals surface area contributed by atoms with E-state index in [1.165, 1.54) is 5.56 Å². The number of benzene rings is 2. The first-order valence-corrected chi connectivity index (χ1v) is 9.53. The normalized spacial score (nSPS) is 13.8. The molecule has 1 aliphatic rings. The fraction of sp³-hybridized carbons (Fsp3) is 0.130. The smallest absolute Gasteiger partial charge is 0.230 e. The molecular formula is C23H19N5O. The third-order valence-corrected chi connectivity index (χ3v) is 5.20. The van der Waals surface area contributed by atoms with Crippen molar-refractivity contribution in [3.8, 4) is 11.1 Å². The van der Waals surface area contributed by atoms with E-state index in [0.717, 1.165) is 33.4 Å². The molecule has 1 unspecified atom stereocenters. The van der Waals surface area contributed by atoms with Crippen molar-refractivity contribution in [2.75, 3.05) is 10.6 Å². The number of aromatic nitrogens is 3. The Balaban J connectivity index is 1.52. The zero-order valence-electron chi connectivity index (χ0n) is 15.9. The summed E-state index contributed by atoms with van der Waals surface area (Å²) in [6, 6.07) is 18.5. The topological polar surface area (TPSA) is 79.8 Å². The second-order valence-electron chi connectivity index (χ2n) is 7.19. The number of carbonyl (C=O) groups excluding carboxylic acids is 1. The lowest BCUT2D eigenvalue weighted by Crippen LogP contribution is -2.08. The first-order valence-electron chi connectivity index (χ1n) is 9.53. The molecule has 0 bridgehead atoms. The number of fused-ring (bicyclic) bond motifs is 2. The Hall–Kier alpha value is -3.80. The maximum Gasteiger partial charge on any atom is 0.230 e. The third-order valence-electron chi connectivity index (χ3n) is 5.20. The standard InChI is InChI=1S/C23H19N5O/c1-14(15-5-3-2-4-6-15)27-23-19-10-16(7-8-20(19)25-13-26-23)18-9-17-11-21(29)28-22(17)24-12-18/h2-10,12-14H,11H2,1H3,(H,24,28,29)(H,25,26,27). The van der Waals surface area contributed by atoms with Gasteiger partial charge in [0.15, 0.2) is 0 Å². The highest BCUT2D eigenvalue weighted by molar-refractivity contribution is 5.98. The Labute approximate surface area is 168 Å².